The van der Waals surface area contributed by atoms with Gasteiger partial charge in [0.1, 0.15) is 17.5 Å². The van der Waals surface area contributed by atoms with Crippen molar-refractivity contribution in [2.75, 3.05) is 11.1 Å². The number of aromatic nitrogens is 2. The number of nitrogens with two attached hydrogens (primary N) is 1. The van der Waals surface area contributed by atoms with Gasteiger partial charge in [-0.1, -0.05) is 15.9 Å². The Bertz CT molecular complexity index is 515. The van der Waals surface area contributed by atoms with Crippen LogP contribution in [0.5, 0.6) is 0 Å². The fraction of sp³-hybridized carbons (Fsp3) is 0.0909. The summed E-state index contributed by atoms with van der Waals surface area (Å²) in [5.41, 5.74) is 6.23. The Morgan fingerprint density at radius 3 is 2.76 bits per heavy atom. The fourth-order valence-electron chi connectivity index (χ4n) is 1.30. The monoisotopic (exact) mass is 296 g/mol. The van der Waals surface area contributed by atoms with Gasteiger partial charge in [0.25, 0.3) is 0 Å². The molecule has 6 heteroatoms. The molecule has 1 aromatic carbocycles. The second-order valence-electron chi connectivity index (χ2n) is 3.43. The minimum atomic E-state index is -0.270. The zero-order chi connectivity index (χ0) is 12.3. The van der Waals surface area contributed by atoms with Crippen molar-refractivity contribution in [1.29, 1.82) is 0 Å². The molecule has 2 aromatic rings. The summed E-state index contributed by atoms with van der Waals surface area (Å²) >= 11 is 3.35. The van der Waals surface area contributed by atoms with E-state index in [4.69, 9.17) is 5.73 Å². The molecule has 0 unspecified atom stereocenters. The number of nitrogens with zero attached hydrogens (tertiary/aromatic N) is 2. The standard InChI is InChI=1S/C11H10BrFN4/c12-9-2-1-8(13)5-7(9)6-15-11-4-3-10(14)16-17-11/h1-5H,6H2,(H2,14,16)(H,15,17). The molecule has 3 N–H and O–H groups in total. The molecule has 88 valence electrons. The number of nitrogens with one attached hydrogen (secondary N) is 1. The van der Waals surface area contributed by atoms with Crippen molar-refractivity contribution < 1.29 is 4.39 Å². The molecule has 0 bridgehead atoms. The lowest BCUT2D eigenvalue weighted by Gasteiger charge is -2.07. The highest BCUT2D eigenvalue weighted by atomic mass is 79.9. The molecule has 0 fully saturated rings. The van der Waals surface area contributed by atoms with E-state index in [-0.39, 0.29) is 5.82 Å². The average molecular weight is 297 g/mol. The van der Waals surface area contributed by atoms with Crippen LogP contribution >= 0.6 is 15.9 Å². The maximum atomic E-state index is 13.0. The highest BCUT2D eigenvalue weighted by Crippen LogP contribution is 2.18. The molecular formula is C11H10BrFN4. The van der Waals surface area contributed by atoms with Crippen molar-refractivity contribution in [3.63, 3.8) is 0 Å². The number of hydrogen-bond donors (Lipinski definition) is 2. The quantitative estimate of drug-likeness (QED) is 0.914. The molecule has 1 heterocycles. The molecule has 4 nitrogen and oxygen atoms in total. The zero-order valence-corrected chi connectivity index (χ0v) is 10.4. The topological polar surface area (TPSA) is 63.8 Å². The van der Waals surface area contributed by atoms with Crippen LogP contribution < -0.4 is 11.1 Å². The van der Waals surface area contributed by atoms with Crippen LogP contribution in [0.4, 0.5) is 16.0 Å². The van der Waals surface area contributed by atoms with Gasteiger partial charge in [0.15, 0.2) is 0 Å². The summed E-state index contributed by atoms with van der Waals surface area (Å²) in [6, 6.07) is 7.89. The van der Waals surface area contributed by atoms with E-state index in [0.29, 0.717) is 18.2 Å². The van der Waals surface area contributed by atoms with Crippen LogP contribution in [-0.2, 0) is 6.54 Å². The Morgan fingerprint density at radius 1 is 1.24 bits per heavy atom. The number of rotatable bonds is 3. The Hall–Kier alpha value is -1.69. The van der Waals surface area contributed by atoms with Crippen molar-refractivity contribution in [3.05, 3.63) is 46.2 Å². The Kier molecular flexibility index (Phi) is 3.53. The van der Waals surface area contributed by atoms with Crippen LogP contribution in [-0.4, -0.2) is 10.2 Å². The van der Waals surface area contributed by atoms with Crippen LogP contribution in [0.15, 0.2) is 34.8 Å². The molecule has 0 aliphatic rings. The van der Waals surface area contributed by atoms with Gasteiger partial charge in [-0.05, 0) is 35.9 Å². The van der Waals surface area contributed by atoms with Gasteiger partial charge in [-0.25, -0.2) is 4.39 Å². The molecule has 0 aliphatic heterocycles. The molecule has 0 radical (unpaired) electrons. The maximum Gasteiger partial charge on any atom is 0.149 e. The first-order valence-corrected chi connectivity index (χ1v) is 5.71. The highest BCUT2D eigenvalue weighted by Gasteiger charge is 2.02. The van der Waals surface area contributed by atoms with E-state index >= 15 is 0 Å². The number of benzene rings is 1. The Balaban J connectivity index is 2.07. The summed E-state index contributed by atoms with van der Waals surface area (Å²) < 4.78 is 13.9. The minimum absolute atomic E-state index is 0.270. The van der Waals surface area contributed by atoms with Gasteiger partial charge in [0.2, 0.25) is 0 Å². The number of anilines is 2. The van der Waals surface area contributed by atoms with Gasteiger partial charge in [-0.2, -0.15) is 0 Å². The van der Waals surface area contributed by atoms with Gasteiger partial charge in [0.05, 0.1) is 0 Å². The fourth-order valence-corrected chi connectivity index (χ4v) is 1.69. The van der Waals surface area contributed by atoms with E-state index in [1.807, 2.05) is 0 Å². The van der Waals surface area contributed by atoms with Crippen LogP contribution in [0.2, 0.25) is 0 Å². The van der Waals surface area contributed by atoms with E-state index < -0.39 is 0 Å². The first-order valence-electron chi connectivity index (χ1n) is 4.92. The average Bonchev–Trinajstić information content (AvgIpc) is 2.32. The SMILES string of the molecule is Nc1ccc(NCc2cc(F)ccc2Br)nn1. The summed E-state index contributed by atoms with van der Waals surface area (Å²) in [4.78, 5) is 0. The summed E-state index contributed by atoms with van der Waals surface area (Å²) in [6.45, 7) is 0.455. The molecule has 0 spiro atoms. The zero-order valence-electron chi connectivity index (χ0n) is 8.82. The first-order chi connectivity index (χ1) is 8.15. The minimum Gasteiger partial charge on any atom is -0.382 e. The predicted molar refractivity (Wildman–Crippen MR) is 67.9 cm³/mol. The van der Waals surface area contributed by atoms with Crippen LogP contribution in [0.1, 0.15) is 5.56 Å². The number of hydrogen-bond acceptors (Lipinski definition) is 4. The van der Waals surface area contributed by atoms with Crippen molar-refractivity contribution in [2.45, 2.75) is 6.54 Å². The van der Waals surface area contributed by atoms with E-state index in [9.17, 15) is 4.39 Å². The third-order valence-electron chi connectivity index (χ3n) is 2.15. The van der Waals surface area contributed by atoms with Crippen molar-refractivity contribution in [3.8, 4) is 0 Å². The normalized spacial score (nSPS) is 10.2. The molecule has 1 aromatic heterocycles. The van der Waals surface area contributed by atoms with Crippen LogP contribution in [0, 0.1) is 5.82 Å². The summed E-state index contributed by atoms with van der Waals surface area (Å²) in [5.74, 6) is 0.686. The van der Waals surface area contributed by atoms with E-state index in [2.05, 4.69) is 31.4 Å². The highest BCUT2D eigenvalue weighted by molar-refractivity contribution is 9.10. The second-order valence-corrected chi connectivity index (χ2v) is 4.29. The largest absolute Gasteiger partial charge is 0.382 e. The van der Waals surface area contributed by atoms with Crippen molar-refractivity contribution >= 4 is 27.6 Å². The molecule has 0 amide bonds. The molecule has 0 atom stereocenters. The maximum absolute atomic E-state index is 13.0. The summed E-state index contributed by atoms with van der Waals surface area (Å²) in [6.07, 6.45) is 0. The van der Waals surface area contributed by atoms with Gasteiger partial charge < -0.3 is 11.1 Å². The number of nitrogen functional groups attached to an aromatic ring is 1. The summed E-state index contributed by atoms with van der Waals surface area (Å²) in [7, 11) is 0. The predicted octanol–water partition coefficient (Wildman–Crippen LogP) is 2.57. The number of halogens is 2. The van der Waals surface area contributed by atoms with Crippen molar-refractivity contribution in [1.82, 2.24) is 10.2 Å². The van der Waals surface area contributed by atoms with Crippen LogP contribution in [0.3, 0.4) is 0 Å². The lowest BCUT2D eigenvalue weighted by molar-refractivity contribution is 0.625. The lowest BCUT2D eigenvalue weighted by Crippen LogP contribution is -2.04. The molecule has 2 rings (SSSR count). The van der Waals surface area contributed by atoms with Gasteiger partial charge >= 0.3 is 0 Å². The van der Waals surface area contributed by atoms with Crippen LogP contribution in [0.25, 0.3) is 0 Å². The third kappa shape index (κ3) is 3.13. The van der Waals surface area contributed by atoms with E-state index in [1.54, 1.807) is 18.2 Å². The van der Waals surface area contributed by atoms with Crippen molar-refractivity contribution in [2.24, 2.45) is 0 Å². The first kappa shape index (κ1) is 11.8. The Labute approximate surface area is 106 Å². The molecule has 0 saturated heterocycles. The second kappa shape index (κ2) is 5.09. The molecule has 0 saturated carbocycles. The molecular weight excluding hydrogens is 287 g/mol. The Morgan fingerprint density at radius 2 is 2.06 bits per heavy atom. The molecule has 0 aliphatic carbocycles. The summed E-state index contributed by atoms with van der Waals surface area (Å²) in [5, 5.41) is 10.6. The third-order valence-corrected chi connectivity index (χ3v) is 2.93. The van der Waals surface area contributed by atoms with Gasteiger partial charge in [-0.15, -0.1) is 10.2 Å². The smallest absolute Gasteiger partial charge is 0.149 e. The van der Waals surface area contributed by atoms with Gasteiger partial charge in [0, 0.05) is 11.0 Å². The van der Waals surface area contributed by atoms with E-state index in [0.717, 1.165) is 10.0 Å². The lowest BCUT2D eigenvalue weighted by atomic mass is 10.2. The molecule has 17 heavy (non-hydrogen) atoms. The van der Waals surface area contributed by atoms with Gasteiger partial charge in [-0.3, -0.25) is 0 Å². The van der Waals surface area contributed by atoms with E-state index in [1.165, 1.54) is 12.1 Å².